The first-order valence-electron chi connectivity index (χ1n) is 6.13. The average molecular weight is 246 g/mol. The van der Waals surface area contributed by atoms with Crippen LogP contribution in [0.4, 0.5) is 0 Å². The van der Waals surface area contributed by atoms with E-state index >= 15 is 0 Å². The number of nitrogens with one attached hydrogen (secondary N) is 1. The minimum atomic E-state index is -2.73. The van der Waals surface area contributed by atoms with Gasteiger partial charge in [-0.25, -0.2) is 8.42 Å². The highest BCUT2D eigenvalue weighted by Gasteiger charge is 2.31. The molecular weight excluding hydrogens is 224 g/mol. The number of rotatable bonds is 2. The Kier molecular flexibility index (Phi) is 3.56. The van der Waals surface area contributed by atoms with Gasteiger partial charge in [-0.2, -0.15) is 0 Å². The van der Waals surface area contributed by atoms with Crippen molar-refractivity contribution in [2.45, 2.75) is 19.8 Å². The summed E-state index contributed by atoms with van der Waals surface area (Å²) in [7, 11) is -2.73. The summed E-state index contributed by atoms with van der Waals surface area (Å²) in [4.78, 5) is 2.33. The molecule has 2 heterocycles. The Labute approximate surface area is 98.3 Å². The van der Waals surface area contributed by atoms with Gasteiger partial charge in [-0.15, -0.1) is 0 Å². The van der Waals surface area contributed by atoms with E-state index in [-0.39, 0.29) is 0 Å². The van der Waals surface area contributed by atoms with Crippen molar-refractivity contribution in [1.29, 1.82) is 0 Å². The summed E-state index contributed by atoms with van der Waals surface area (Å²) < 4.78 is 22.7. The molecule has 0 aromatic carbocycles. The normalized spacial score (nSPS) is 30.1. The summed E-state index contributed by atoms with van der Waals surface area (Å²) in [5.74, 6) is 0.697. The van der Waals surface area contributed by atoms with Gasteiger partial charge in [0.25, 0.3) is 0 Å². The summed E-state index contributed by atoms with van der Waals surface area (Å²) in [6, 6.07) is 0. The molecule has 0 aromatic rings. The topological polar surface area (TPSA) is 49.4 Å². The number of nitrogens with zero attached hydrogens (tertiary/aromatic N) is 1. The van der Waals surface area contributed by atoms with Crippen molar-refractivity contribution in [2.24, 2.45) is 5.41 Å². The smallest absolute Gasteiger partial charge is 0.152 e. The molecular formula is C11H22N2O2S. The van der Waals surface area contributed by atoms with Gasteiger partial charge in [0.15, 0.2) is 9.84 Å². The molecule has 2 aliphatic heterocycles. The molecule has 94 valence electrons. The van der Waals surface area contributed by atoms with Crippen LogP contribution in [0, 0.1) is 5.41 Å². The summed E-state index contributed by atoms with van der Waals surface area (Å²) in [5.41, 5.74) is 0.381. The molecule has 16 heavy (non-hydrogen) atoms. The number of hydrogen-bond donors (Lipinski definition) is 1. The quantitative estimate of drug-likeness (QED) is 0.751. The third-order valence-corrected chi connectivity index (χ3v) is 5.46. The van der Waals surface area contributed by atoms with Gasteiger partial charge in [0.2, 0.25) is 0 Å². The van der Waals surface area contributed by atoms with Gasteiger partial charge in [-0.1, -0.05) is 6.92 Å². The highest BCUT2D eigenvalue weighted by atomic mass is 32.2. The lowest BCUT2D eigenvalue weighted by Crippen LogP contribution is -2.48. The van der Waals surface area contributed by atoms with E-state index < -0.39 is 9.84 Å². The van der Waals surface area contributed by atoms with Crippen molar-refractivity contribution in [3.05, 3.63) is 0 Å². The molecule has 0 bridgehead atoms. The Balaban J connectivity index is 1.86. The fourth-order valence-electron chi connectivity index (χ4n) is 2.64. The van der Waals surface area contributed by atoms with Gasteiger partial charge in [-0.05, 0) is 31.3 Å². The van der Waals surface area contributed by atoms with Crippen molar-refractivity contribution < 1.29 is 8.42 Å². The molecule has 1 N–H and O–H groups in total. The molecule has 2 fully saturated rings. The van der Waals surface area contributed by atoms with E-state index in [0.29, 0.717) is 16.9 Å². The maximum atomic E-state index is 11.3. The largest absolute Gasteiger partial charge is 0.317 e. The van der Waals surface area contributed by atoms with Crippen LogP contribution in [0.2, 0.25) is 0 Å². The number of hydrogen-bond acceptors (Lipinski definition) is 4. The van der Waals surface area contributed by atoms with Crippen LogP contribution in [-0.2, 0) is 9.84 Å². The van der Waals surface area contributed by atoms with Crippen LogP contribution in [0.1, 0.15) is 19.8 Å². The zero-order valence-corrected chi connectivity index (χ0v) is 10.9. The van der Waals surface area contributed by atoms with Crippen molar-refractivity contribution in [3.8, 4) is 0 Å². The molecule has 2 aliphatic rings. The molecule has 5 heteroatoms. The van der Waals surface area contributed by atoms with Gasteiger partial charge < -0.3 is 10.2 Å². The molecule has 0 spiro atoms. The van der Waals surface area contributed by atoms with E-state index in [1.165, 1.54) is 12.8 Å². The third kappa shape index (κ3) is 3.18. The van der Waals surface area contributed by atoms with Gasteiger partial charge in [0.1, 0.15) is 0 Å². The first-order valence-corrected chi connectivity index (χ1v) is 7.95. The molecule has 0 unspecified atom stereocenters. The molecule has 0 saturated carbocycles. The van der Waals surface area contributed by atoms with Crippen LogP contribution >= 0.6 is 0 Å². The maximum Gasteiger partial charge on any atom is 0.152 e. The highest BCUT2D eigenvalue weighted by molar-refractivity contribution is 7.91. The molecule has 2 saturated heterocycles. The van der Waals surface area contributed by atoms with Crippen molar-refractivity contribution in [3.63, 3.8) is 0 Å². The van der Waals surface area contributed by atoms with Crippen LogP contribution in [0.3, 0.4) is 0 Å². The fourth-order valence-corrected chi connectivity index (χ4v) is 3.91. The van der Waals surface area contributed by atoms with Crippen molar-refractivity contribution in [1.82, 2.24) is 10.2 Å². The lowest BCUT2D eigenvalue weighted by molar-refractivity contribution is 0.135. The zero-order valence-electron chi connectivity index (χ0n) is 10.0. The molecule has 4 nitrogen and oxygen atoms in total. The van der Waals surface area contributed by atoms with Gasteiger partial charge in [-0.3, -0.25) is 0 Å². The van der Waals surface area contributed by atoms with Crippen LogP contribution in [0.5, 0.6) is 0 Å². The lowest BCUT2D eigenvalue weighted by Gasteiger charge is -2.39. The van der Waals surface area contributed by atoms with E-state index in [4.69, 9.17) is 0 Å². The Bertz CT molecular complexity index is 320. The fraction of sp³-hybridized carbons (Fsp3) is 1.00. The van der Waals surface area contributed by atoms with Gasteiger partial charge in [0, 0.05) is 19.6 Å². The second-order valence-electron chi connectivity index (χ2n) is 5.49. The van der Waals surface area contributed by atoms with Gasteiger partial charge in [0.05, 0.1) is 11.5 Å². The van der Waals surface area contributed by atoms with E-state index in [1.807, 2.05) is 0 Å². The minimum Gasteiger partial charge on any atom is -0.317 e. The first kappa shape index (κ1) is 12.3. The predicted octanol–water partition coefficient (Wildman–Crippen LogP) is 0.107. The Morgan fingerprint density at radius 2 is 1.75 bits per heavy atom. The summed E-state index contributed by atoms with van der Waals surface area (Å²) in [6.07, 6.45) is 2.41. The van der Waals surface area contributed by atoms with Crippen molar-refractivity contribution in [2.75, 3.05) is 44.2 Å². The maximum absolute atomic E-state index is 11.3. The predicted molar refractivity (Wildman–Crippen MR) is 65.3 cm³/mol. The number of piperidine rings is 1. The summed E-state index contributed by atoms with van der Waals surface area (Å²) in [6.45, 7) is 7.04. The van der Waals surface area contributed by atoms with Crippen LogP contribution in [-0.4, -0.2) is 57.5 Å². The minimum absolute atomic E-state index is 0.349. The summed E-state index contributed by atoms with van der Waals surface area (Å²) in [5, 5.41) is 3.38. The first-order chi connectivity index (χ1) is 7.49. The lowest BCUT2D eigenvalue weighted by atomic mass is 9.80. The second kappa shape index (κ2) is 4.63. The molecule has 0 amide bonds. The molecule has 0 aromatic heterocycles. The van der Waals surface area contributed by atoms with Crippen LogP contribution in [0.25, 0.3) is 0 Å². The molecule has 0 atom stereocenters. The highest BCUT2D eigenvalue weighted by Crippen LogP contribution is 2.29. The average Bonchev–Trinajstić information content (AvgIpc) is 2.22. The zero-order chi connectivity index (χ0) is 11.6. The Morgan fingerprint density at radius 3 is 2.31 bits per heavy atom. The standard InChI is InChI=1S/C11H22N2O2S/c1-11(2-4-12-5-3-11)10-13-6-8-16(14,15)9-7-13/h12H,2-10H2,1H3. The van der Waals surface area contributed by atoms with E-state index in [2.05, 4.69) is 17.1 Å². The Hall–Kier alpha value is -0.130. The van der Waals surface area contributed by atoms with E-state index in [9.17, 15) is 8.42 Å². The van der Waals surface area contributed by atoms with E-state index in [1.54, 1.807) is 0 Å². The molecule has 0 aliphatic carbocycles. The SMILES string of the molecule is CC1(CN2CCS(=O)(=O)CC2)CCNCC1. The van der Waals surface area contributed by atoms with E-state index in [0.717, 1.165) is 32.7 Å². The van der Waals surface area contributed by atoms with Crippen LogP contribution < -0.4 is 5.32 Å². The number of sulfone groups is 1. The Morgan fingerprint density at radius 1 is 1.19 bits per heavy atom. The third-order valence-electron chi connectivity index (χ3n) is 3.85. The second-order valence-corrected chi connectivity index (χ2v) is 7.79. The summed E-state index contributed by atoms with van der Waals surface area (Å²) >= 11 is 0. The monoisotopic (exact) mass is 246 g/mol. The molecule has 2 rings (SSSR count). The van der Waals surface area contributed by atoms with Crippen LogP contribution in [0.15, 0.2) is 0 Å². The van der Waals surface area contributed by atoms with Crippen molar-refractivity contribution >= 4 is 9.84 Å². The molecule has 0 radical (unpaired) electrons. The van der Waals surface area contributed by atoms with Gasteiger partial charge >= 0.3 is 0 Å².